The Morgan fingerprint density at radius 1 is 1.13 bits per heavy atom. The van der Waals surface area contributed by atoms with E-state index in [2.05, 4.69) is 6.92 Å². The first-order chi connectivity index (χ1) is 7.00. The molecule has 0 unspecified atom stereocenters. The second-order valence-corrected chi connectivity index (χ2v) is 7.09. The summed E-state index contributed by atoms with van der Waals surface area (Å²) in [7, 11) is -2.99. The van der Waals surface area contributed by atoms with Gasteiger partial charge < -0.3 is 0 Å². The molecule has 3 nitrogen and oxygen atoms in total. The molecule has 1 aliphatic carbocycles. The molecule has 2 aliphatic rings. The highest BCUT2D eigenvalue weighted by atomic mass is 32.2. The zero-order valence-electron chi connectivity index (χ0n) is 9.65. The lowest BCUT2D eigenvalue weighted by Crippen LogP contribution is -2.51. The minimum Gasteiger partial charge on any atom is -0.212 e. The van der Waals surface area contributed by atoms with E-state index in [-0.39, 0.29) is 0 Å². The summed E-state index contributed by atoms with van der Waals surface area (Å²) in [6, 6.07) is 0.303. The standard InChI is InChI=1S/C11H21NO2S/c1-9-7-8-12(15(2,13)14)11-6-4-3-5-10(9)11/h9-11H,3-8H2,1-2H3/t9-,10+,11-/m1/s1. The normalized spacial score (nSPS) is 38.7. The van der Waals surface area contributed by atoms with E-state index in [0.29, 0.717) is 17.9 Å². The van der Waals surface area contributed by atoms with Crippen LogP contribution in [0.1, 0.15) is 39.0 Å². The molecule has 1 saturated carbocycles. The minimum atomic E-state index is -2.99. The van der Waals surface area contributed by atoms with Crippen LogP contribution in [0.3, 0.4) is 0 Å². The third-order valence-electron chi connectivity index (χ3n) is 4.11. The van der Waals surface area contributed by atoms with Gasteiger partial charge in [-0.25, -0.2) is 8.42 Å². The quantitative estimate of drug-likeness (QED) is 0.690. The van der Waals surface area contributed by atoms with Gasteiger partial charge in [-0.1, -0.05) is 19.8 Å². The number of hydrogen-bond acceptors (Lipinski definition) is 2. The van der Waals surface area contributed by atoms with Gasteiger partial charge in [0.2, 0.25) is 10.0 Å². The first-order valence-electron chi connectivity index (χ1n) is 5.97. The Hall–Kier alpha value is -0.0900. The fourth-order valence-electron chi connectivity index (χ4n) is 3.28. The van der Waals surface area contributed by atoms with E-state index in [1.807, 2.05) is 0 Å². The van der Waals surface area contributed by atoms with Crippen molar-refractivity contribution in [3.05, 3.63) is 0 Å². The van der Waals surface area contributed by atoms with Gasteiger partial charge in [0.05, 0.1) is 6.26 Å². The fourth-order valence-corrected chi connectivity index (χ4v) is 4.47. The van der Waals surface area contributed by atoms with Crippen molar-refractivity contribution in [1.29, 1.82) is 0 Å². The van der Waals surface area contributed by atoms with Crippen LogP contribution in [0.4, 0.5) is 0 Å². The van der Waals surface area contributed by atoms with Crippen molar-refractivity contribution in [2.24, 2.45) is 11.8 Å². The summed E-state index contributed by atoms with van der Waals surface area (Å²) in [4.78, 5) is 0. The Labute approximate surface area is 92.9 Å². The Kier molecular flexibility index (Phi) is 3.08. The molecule has 0 spiro atoms. The van der Waals surface area contributed by atoms with Crippen molar-refractivity contribution in [2.75, 3.05) is 12.8 Å². The van der Waals surface area contributed by atoms with Crippen LogP contribution in [0.2, 0.25) is 0 Å². The van der Waals surface area contributed by atoms with E-state index in [4.69, 9.17) is 0 Å². The second-order valence-electron chi connectivity index (χ2n) is 5.16. The van der Waals surface area contributed by atoms with Crippen LogP contribution in [-0.2, 0) is 10.0 Å². The Bertz CT molecular complexity index is 325. The summed E-state index contributed by atoms with van der Waals surface area (Å²) in [5.41, 5.74) is 0. The predicted molar refractivity (Wildman–Crippen MR) is 61.1 cm³/mol. The largest absolute Gasteiger partial charge is 0.212 e. The van der Waals surface area contributed by atoms with Crippen LogP contribution < -0.4 is 0 Å². The summed E-state index contributed by atoms with van der Waals surface area (Å²) in [6.45, 7) is 3.02. The maximum Gasteiger partial charge on any atom is 0.211 e. The van der Waals surface area contributed by atoms with Crippen molar-refractivity contribution in [2.45, 2.75) is 45.1 Å². The predicted octanol–water partition coefficient (Wildman–Crippen LogP) is 1.85. The molecule has 0 bridgehead atoms. The highest BCUT2D eigenvalue weighted by Gasteiger charge is 2.40. The zero-order valence-corrected chi connectivity index (χ0v) is 10.5. The summed E-state index contributed by atoms with van der Waals surface area (Å²) in [5.74, 6) is 1.32. The van der Waals surface area contributed by atoms with Gasteiger partial charge in [0, 0.05) is 12.6 Å². The van der Waals surface area contributed by atoms with Crippen LogP contribution in [0.15, 0.2) is 0 Å². The van der Waals surface area contributed by atoms with Crippen LogP contribution in [0.5, 0.6) is 0 Å². The summed E-state index contributed by atoms with van der Waals surface area (Å²) in [6.07, 6.45) is 7.16. The lowest BCUT2D eigenvalue weighted by molar-refractivity contribution is 0.0832. The highest BCUT2D eigenvalue weighted by Crippen LogP contribution is 2.39. The summed E-state index contributed by atoms with van der Waals surface area (Å²) < 4.78 is 25.1. The number of hydrogen-bond donors (Lipinski definition) is 0. The molecule has 2 rings (SSSR count). The first-order valence-corrected chi connectivity index (χ1v) is 7.82. The third kappa shape index (κ3) is 2.21. The lowest BCUT2D eigenvalue weighted by atomic mass is 9.74. The fraction of sp³-hybridized carbons (Fsp3) is 1.00. The average molecular weight is 231 g/mol. The molecular formula is C11H21NO2S. The topological polar surface area (TPSA) is 37.4 Å². The molecule has 2 fully saturated rings. The van der Waals surface area contributed by atoms with Crippen molar-refractivity contribution >= 4 is 10.0 Å². The summed E-state index contributed by atoms with van der Waals surface area (Å²) in [5, 5.41) is 0. The number of fused-ring (bicyclic) bond motifs is 1. The number of rotatable bonds is 1. The monoisotopic (exact) mass is 231 g/mol. The molecule has 3 atom stereocenters. The van der Waals surface area contributed by atoms with Gasteiger partial charge in [0.1, 0.15) is 0 Å². The zero-order chi connectivity index (χ0) is 11.1. The molecule has 0 radical (unpaired) electrons. The van der Waals surface area contributed by atoms with Crippen LogP contribution in [-0.4, -0.2) is 31.6 Å². The van der Waals surface area contributed by atoms with E-state index in [1.165, 1.54) is 25.5 Å². The lowest BCUT2D eigenvalue weighted by Gasteiger charge is -2.45. The molecule has 0 N–H and O–H groups in total. The molecule has 1 heterocycles. The van der Waals surface area contributed by atoms with E-state index >= 15 is 0 Å². The van der Waals surface area contributed by atoms with Gasteiger partial charge in [-0.3, -0.25) is 0 Å². The first kappa shape index (κ1) is 11.4. The highest BCUT2D eigenvalue weighted by molar-refractivity contribution is 7.88. The van der Waals surface area contributed by atoms with Gasteiger partial charge in [-0.2, -0.15) is 4.31 Å². The molecule has 4 heteroatoms. The maximum atomic E-state index is 11.7. The second kappa shape index (κ2) is 4.06. The Morgan fingerprint density at radius 3 is 2.47 bits per heavy atom. The number of piperidine rings is 1. The molecule has 1 saturated heterocycles. The van der Waals surface area contributed by atoms with E-state index in [9.17, 15) is 8.42 Å². The SMILES string of the molecule is C[C@@H]1CCN(S(C)(=O)=O)[C@@H]2CCCC[C@@H]12. The van der Waals surface area contributed by atoms with Crippen molar-refractivity contribution in [1.82, 2.24) is 4.31 Å². The van der Waals surface area contributed by atoms with Crippen molar-refractivity contribution in [3.8, 4) is 0 Å². The Balaban J connectivity index is 2.21. The molecule has 15 heavy (non-hydrogen) atoms. The van der Waals surface area contributed by atoms with Crippen LogP contribution in [0.25, 0.3) is 0 Å². The minimum absolute atomic E-state index is 0.303. The molecule has 0 aromatic rings. The number of sulfonamides is 1. The van der Waals surface area contributed by atoms with E-state index < -0.39 is 10.0 Å². The summed E-state index contributed by atoms with van der Waals surface area (Å²) >= 11 is 0. The molecule has 88 valence electrons. The van der Waals surface area contributed by atoms with Gasteiger partial charge in [0.25, 0.3) is 0 Å². The maximum absolute atomic E-state index is 11.7. The average Bonchev–Trinajstić information content (AvgIpc) is 2.17. The Morgan fingerprint density at radius 2 is 1.80 bits per heavy atom. The molecular weight excluding hydrogens is 210 g/mol. The number of nitrogens with zero attached hydrogens (tertiary/aromatic N) is 1. The van der Waals surface area contributed by atoms with Gasteiger partial charge in [-0.15, -0.1) is 0 Å². The van der Waals surface area contributed by atoms with E-state index in [1.54, 1.807) is 4.31 Å². The van der Waals surface area contributed by atoms with Gasteiger partial charge >= 0.3 is 0 Å². The van der Waals surface area contributed by atoms with E-state index in [0.717, 1.165) is 19.4 Å². The smallest absolute Gasteiger partial charge is 0.211 e. The van der Waals surface area contributed by atoms with Gasteiger partial charge in [-0.05, 0) is 31.1 Å². The van der Waals surface area contributed by atoms with Gasteiger partial charge in [0.15, 0.2) is 0 Å². The van der Waals surface area contributed by atoms with Crippen molar-refractivity contribution < 1.29 is 8.42 Å². The van der Waals surface area contributed by atoms with Crippen molar-refractivity contribution in [3.63, 3.8) is 0 Å². The molecule has 1 aliphatic heterocycles. The molecule has 0 aromatic heterocycles. The third-order valence-corrected chi connectivity index (χ3v) is 5.42. The molecule has 0 amide bonds. The van der Waals surface area contributed by atoms with Crippen LogP contribution >= 0.6 is 0 Å². The molecule has 0 aromatic carbocycles. The van der Waals surface area contributed by atoms with Crippen LogP contribution in [0, 0.1) is 11.8 Å².